The topological polar surface area (TPSA) is 40.5 Å². The molecule has 0 bridgehead atoms. The van der Waals surface area contributed by atoms with Crippen molar-refractivity contribution in [2.24, 2.45) is 0 Å². The summed E-state index contributed by atoms with van der Waals surface area (Å²) < 4.78 is 0. The molecule has 2 N–H and O–H groups in total. The van der Waals surface area contributed by atoms with Gasteiger partial charge in [0.05, 0.1) is 0 Å². The molecule has 0 saturated heterocycles. The third-order valence-electron chi connectivity index (χ3n) is 4.75. The van der Waals surface area contributed by atoms with E-state index in [1.54, 1.807) is 24.3 Å². The molecule has 0 aromatic heterocycles. The highest BCUT2D eigenvalue weighted by molar-refractivity contribution is 5.43. The molecule has 0 atom stereocenters. The Morgan fingerprint density at radius 3 is 1.30 bits per heavy atom. The minimum Gasteiger partial charge on any atom is -0.508 e. The minimum atomic E-state index is -0.0482. The average molecular weight is 312 g/mol. The van der Waals surface area contributed by atoms with Crippen LogP contribution < -0.4 is 0 Å². The van der Waals surface area contributed by atoms with Crippen LogP contribution in [0.4, 0.5) is 0 Å². The quantitative estimate of drug-likeness (QED) is 0.650. The maximum Gasteiger partial charge on any atom is 0.115 e. The zero-order valence-corrected chi connectivity index (χ0v) is 14.3. The van der Waals surface area contributed by atoms with Crippen molar-refractivity contribution in [1.82, 2.24) is 0 Å². The summed E-state index contributed by atoms with van der Waals surface area (Å²) in [5.41, 5.74) is 2.46. The molecule has 0 unspecified atom stereocenters. The van der Waals surface area contributed by atoms with Crippen LogP contribution in [0, 0.1) is 0 Å². The Balaban J connectivity index is 2.52. The van der Waals surface area contributed by atoms with Gasteiger partial charge >= 0.3 is 0 Å². The van der Waals surface area contributed by atoms with Gasteiger partial charge in [-0.25, -0.2) is 0 Å². The highest BCUT2D eigenvalue weighted by Crippen LogP contribution is 2.42. The predicted molar refractivity (Wildman–Crippen MR) is 96.0 cm³/mol. The van der Waals surface area contributed by atoms with Crippen molar-refractivity contribution < 1.29 is 10.2 Å². The molecule has 0 amide bonds. The number of unbranched alkanes of at least 4 members (excludes halogenated alkanes) is 2. The Labute approximate surface area is 139 Å². The van der Waals surface area contributed by atoms with Crippen molar-refractivity contribution in [3.8, 4) is 11.5 Å². The molecule has 2 nitrogen and oxygen atoms in total. The van der Waals surface area contributed by atoms with Gasteiger partial charge in [-0.15, -0.1) is 0 Å². The molecule has 124 valence electrons. The van der Waals surface area contributed by atoms with Crippen molar-refractivity contribution in [2.75, 3.05) is 0 Å². The molecule has 0 radical (unpaired) electrons. The molecule has 0 aliphatic rings. The average Bonchev–Trinajstić information content (AvgIpc) is 2.57. The molecular formula is C21H28O2. The van der Waals surface area contributed by atoms with Crippen LogP contribution in [0.3, 0.4) is 0 Å². The molecular weight excluding hydrogens is 284 g/mol. The second-order valence-corrected chi connectivity index (χ2v) is 6.38. The Kier molecular flexibility index (Phi) is 6.09. The zero-order chi connectivity index (χ0) is 16.7. The predicted octanol–water partition coefficient (Wildman–Crippen LogP) is 5.76. The molecule has 0 spiro atoms. The molecule has 0 aliphatic heterocycles. The third kappa shape index (κ3) is 4.07. The summed E-state index contributed by atoms with van der Waals surface area (Å²) in [7, 11) is 0. The summed E-state index contributed by atoms with van der Waals surface area (Å²) in [5, 5.41) is 19.3. The number of rotatable bonds is 8. The van der Waals surface area contributed by atoms with Gasteiger partial charge in [0.25, 0.3) is 0 Å². The van der Waals surface area contributed by atoms with E-state index in [-0.39, 0.29) is 5.41 Å². The number of aromatic hydroxyl groups is 2. The second kappa shape index (κ2) is 8.05. The lowest BCUT2D eigenvalue weighted by molar-refractivity contribution is 0.403. The van der Waals surface area contributed by atoms with Gasteiger partial charge in [0.15, 0.2) is 0 Å². The SMILES string of the molecule is CCCCC(CCCC)(c1ccc(O)cc1)c1ccc(O)cc1. The van der Waals surface area contributed by atoms with E-state index in [0.717, 1.165) is 38.5 Å². The summed E-state index contributed by atoms with van der Waals surface area (Å²) in [6, 6.07) is 15.3. The number of hydrogen-bond donors (Lipinski definition) is 2. The first-order valence-corrected chi connectivity index (χ1v) is 8.71. The summed E-state index contributed by atoms with van der Waals surface area (Å²) in [6.07, 6.45) is 6.79. The summed E-state index contributed by atoms with van der Waals surface area (Å²) in [4.78, 5) is 0. The molecule has 2 rings (SSSR count). The second-order valence-electron chi connectivity index (χ2n) is 6.38. The van der Waals surface area contributed by atoms with E-state index in [9.17, 15) is 10.2 Å². The van der Waals surface area contributed by atoms with Crippen LogP contribution in [0.15, 0.2) is 48.5 Å². The van der Waals surface area contributed by atoms with E-state index in [2.05, 4.69) is 13.8 Å². The van der Waals surface area contributed by atoms with Crippen LogP contribution >= 0.6 is 0 Å². The standard InChI is InChI=1S/C21H28O2/c1-3-5-15-21(16-6-4-2,17-7-11-19(22)12-8-17)18-9-13-20(23)14-10-18/h7-14,22-23H,3-6,15-16H2,1-2H3. The van der Waals surface area contributed by atoms with Gasteiger partial charge in [0.2, 0.25) is 0 Å². The maximum absolute atomic E-state index is 9.65. The van der Waals surface area contributed by atoms with Crippen molar-refractivity contribution >= 4 is 0 Å². The highest BCUT2D eigenvalue weighted by atomic mass is 16.3. The van der Waals surface area contributed by atoms with E-state index >= 15 is 0 Å². The van der Waals surface area contributed by atoms with Gasteiger partial charge in [-0.2, -0.15) is 0 Å². The first kappa shape index (κ1) is 17.4. The van der Waals surface area contributed by atoms with Gasteiger partial charge in [-0.1, -0.05) is 63.8 Å². The molecule has 2 aromatic rings. The Hall–Kier alpha value is -1.96. The van der Waals surface area contributed by atoms with Gasteiger partial charge in [-0.05, 0) is 48.2 Å². The lowest BCUT2D eigenvalue weighted by atomic mass is 9.68. The molecule has 0 fully saturated rings. The fourth-order valence-electron chi connectivity index (χ4n) is 3.39. The molecule has 23 heavy (non-hydrogen) atoms. The number of benzene rings is 2. The van der Waals surface area contributed by atoms with Gasteiger partial charge in [-0.3, -0.25) is 0 Å². The smallest absolute Gasteiger partial charge is 0.115 e. The van der Waals surface area contributed by atoms with E-state index in [1.807, 2.05) is 24.3 Å². The lowest BCUT2D eigenvalue weighted by Gasteiger charge is -2.36. The van der Waals surface area contributed by atoms with Crippen molar-refractivity contribution in [1.29, 1.82) is 0 Å². The van der Waals surface area contributed by atoms with Crippen LogP contribution in [0.2, 0.25) is 0 Å². The first-order chi connectivity index (χ1) is 11.1. The van der Waals surface area contributed by atoms with Crippen LogP contribution in [-0.2, 0) is 5.41 Å². The minimum absolute atomic E-state index is 0.0482. The van der Waals surface area contributed by atoms with E-state index < -0.39 is 0 Å². The Morgan fingerprint density at radius 1 is 0.652 bits per heavy atom. The summed E-state index contributed by atoms with van der Waals surface area (Å²) in [6.45, 7) is 4.44. The zero-order valence-electron chi connectivity index (χ0n) is 14.3. The van der Waals surface area contributed by atoms with Crippen molar-refractivity contribution in [2.45, 2.75) is 57.8 Å². The Morgan fingerprint density at radius 2 is 1.00 bits per heavy atom. The lowest BCUT2D eigenvalue weighted by Crippen LogP contribution is -2.28. The van der Waals surface area contributed by atoms with Gasteiger partial charge in [0, 0.05) is 5.41 Å². The molecule has 2 heteroatoms. The maximum atomic E-state index is 9.65. The van der Waals surface area contributed by atoms with E-state index in [4.69, 9.17) is 0 Å². The van der Waals surface area contributed by atoms with Crippen LogP contribution in [0.5, 0.6) is 11.5 Å². The van der Waals surface area contributed by atoms with Crippen molar-refractivity contribution in [3.63, 3.8) is 0 Å². The number of phenolic OH excluding ortho intramolecular Hbond substituents is 2. The summed E-state index contributed by atoms with van der Waals surface area (Å²) >= 11 is 0. The largest absolute Gasteiger partial charge is 0.508 e. The molecule has 2 aromatic carbocycles. The summed E-state index contributed by atoms with van der Waals surface area (Å²) in [5.74, 6) is 0.610. The third-order valence-corrected chi connectivity index (χ3v) is 4.75. The van der Waals surface area contributed by atoms with Crippen LogP contribution in [0.1, 0.15) is 63.5 Å². The number of phenols is 2. The van der Waals surface area contributed by atoms with Crippen molar-refractivity contribution in [3.05, 3.63) is 59.7 Å². The van der Waals surface area contributed by atoms with E-state index in [1.165, 1.54) is 11.1 Å². The fourth-order valence-corrected chi connectivity index (χ4v) is 3.39. The molecule has 0 heterocycles. The molecule has 0 saturated carbocycles. The highest BCUT2D eigenvalue weighted by Gasteiger charge is 2.33. The normalized spacial score (nSPS) is 11.6. The fraction of sp³-hybridized carbons (Fsp3) is 0.429. The molecule has 0 aliphatic carbocycles. The monoisotopic (exact) mass is 312 g/mol. The van der Waals surface area contributed by atoms with Gasteiger partial charge in [0.1, 0.15) is 11.5 Å². The van der Waals surface area contributed by atoms with Crippen LogP contribution in [-0.4, -0.2) is 10.2 Å². The first-order valence-electron chi connectivity index (χ1n) is 8.71. The Bertz CT molecular complexity index is 529. The van der Waals surface area contributed by atoms with E-state index in [0.29, 0.717) is 11.5 Å². The van der Waals surface area contributed by atoms with Gasteiger partial charge < -0.3 is 10.2 Å². The number of hydrogen-bond acceptors (Lipinski definition) is 2. The van der Waals surface area contributed by atoms with Crippen LogP contribution in [0.25, 0.3) is 0 Å².